The molecular weight excluding hydrogens is 260 g/mol. The maximum atomic E-state index is 12.0. The van der Waals surface area contributed by atoms with Gasteiger partial charge >= 0.3 is 0 Å². The van der Waals surface area contributed by atoms with Crippen molar-refractivity contribution in [2.24, 2.45) is 5.92 Å². The summed E-state index contributed by atoms with van der Waals surface area (Å²) in [6.07, 6.45) is -0.858. The summed E-state index contributed by atoms with van der Waals surface area (Å²) < 4.78 is 0. The van der Waals surface area contributed by atoms with Crippen LogP contribution in [0.25, 0.3) is 0 Å². The number of hydrogen-bond acceptors (Lipinski definition) is 4. The van der Waals surface area contributed by atoms with Crippen LogP contribution in [0.15, 0.2) is 17.5 Å². The van der Waals surface area contributed by atoms with Gasteiger partial charge in [0.15, 0.2) is 0 Å². The molecule has 1 N–H and O–H groups in total. The molecule has 2 heterocycles. The lowest BCUT2D eigenvalue weighted by molar-refractivity contribution is -0.144. The minimum atomic E-state index is -0.858. The summed E-state index contributed by atoms with van der Waals surface area (Å²) in [5.74, 6) is -0.137. The fourth-order valence-corrected chi connectivity index (χ4v) is 2.97. The Balaban J connectivity index is 1.80. The molecule has 1 aromatic heterocycles. The monoisotopic (exact) mass is 282 g/mol. The molecule has 1 aromatic rings. The smallest absolute Gasteiger partial charge is 0.251 e. The normalized spacial score (nSPS) is 18.8. The van der Waals surface area contributed by atoms with Crippen molar-refractivity contribution in [1.82, 2.24) is 9.80 Å². The second kappa shape index (κ2) is 6.50. The van der Waals surface area contributed by atoms with Crippen LogP contribution in [0.5, 0.6) is 0 Å². The van der Waals surface area contributed by atoms with Gasteiger partial charge in [0.2, 0.25) is 0 Å². The van der Waals surface area contributed by atoms with E-state index in [1.807, 2.05) is 13.8 Å². The molecular formula is C14H22N2O2S. The van der Waals surface area contributed by atoms with Crippen molar-refractivity contribution in [2.75, 3.05) is 26.2 Å². The van der Waals surface area contributed by atoms with Gasteiger partial charge in [-0.1, -0.05) is 19.9 Å². The number of amides is 1. The zero-order valence-corrected chi connectivity index (χ0v) is 12.4. The summed E-state index contributed by atoms with van der Waals surface area (Å²) in [5.41, 5.74) is 0. The summed E-state index contributed by atoms with van der Waals surface area (Å²) in [6.45, 7) is 7.91. The second-order valence-electron chi connectivity index (χ2n) is 5.37. The van der Waals surface area contributed by atoms with Crippen molar-refractivity contribution in [3.63, 3.8) is 0 Å². The first kappa shape index (κ1) is 14.5. The Morgan fingerprint density at radius 3 is 2.58 bits per heavy atom. The molecule has 1 fully saturated rings. The van der Waals surface area contributed by atoms with Crippen LogP contribution in [0.3, 0.4) is 0 Å². The first-order chi connectivity index (χ1) is 9.08. The van der Waals surface area contributed by atoms with E-state index in [-0.39, 0.29) is 11.8 Å². The SMILES string of the molecule is CC(C)C(O)C(=O)N1CCN(Cc2cccs2)CC1. The zero-order valence-electron chi connectivity index (χ0n) is 11.6. The Labute approximate surface area is 118 Å². The number of carbonyl (C=O) groups is 1. The Kier molecular flexibility index (Phi) is 4.96. The number of carbonyl (C=O) groups excluding carboxylic acids is 1. The molecule has 0 aromatic carbocycles. The molecule has 0 aliphatic carbocycles. The van der Waals surface area contributed by atoms with Gasteiger partial charge in [-0.15, -0.1) is 11.3 Å². The predicted molar refractivity (Wildman–Crippen MR) is 77.0 cm³/mol. The molecule has 0 bridgehead atoms. The highest BCUT2D eigenvalue weighted by molar-refractivity contribution is 7.09. The second-order valence-corrected chi connectivity index (χ2v) is 6.40. The molecule has 1 aliphatic heterocycles. The number of aliphatic hydroxyl groups is 1. The van der Waals surface area contributed by atoms with E-state index in [9.17, 15) is 9.90 Å². The highest BCUT2D eigenvalue weighted by atomic mass is 32.1. The molecule has 1 amide bonds. The zero-order chi connectivity index (χ0) is 13.8. The number of piperazine rings is 1. The number of rotatable bonds is 4. The van der Waals surface area contributed by atoms with E-state index in [4.69, 9.17) is 0 Å². The van der Waals surface area contributed by atoms with Gasteiger partial charge in [-0.2, -0.15) is 0 Å². The van der Waals surface area contributed by atoms with Crippen molar-refractivity contribution in [3.8, 4) is 0 Å². The molecule has 0 spiro atoms. The van der Waals surface area contributed by atoms with Crippen molar-refractivity contribution < 1.29 is 9.90 Å². The summed E-state index contributed by atoms with van der Waals surface area (Å²) in [5, 5.41) is 11.9. The standard InChI is InChI=1S/C14H22N2O2S/c1-11(2)13(17)14(18)16-7-5-15(6-8-16)10-12-4-3-9-19-12/h3-4,9,11,13,17H,5-8,10H2,1-2H3. The lowest BCUT2D eigenvalue weighted by Gasteiger charge is -2.35. The minimum Gasteiger partial charge on any atom is -0.383 e. The summed E-state index contributed by atoms with van der Waals surface area (Å²) >= 11 is 1.77. The fourth-order valence-electron chi connectivity index (χ4n) is 2.22. The lowest BCUT2D eigenvalue weighted by Crippen LogP contribution is -2.51. The molecule has 0 radical (unpaired) electrons. The van der Waals surface area contributed by atoms with E-state index in [0.29, 0.717) is 13.1 Å². The van der Waals surface area contributed by atoms with E-state index in [0.717, 1.165) is 19.6 Å². The van der Waals surface area contributed by atoms with Gasteiger partial charge in [0, 0.05) is 37.6 Å². The topological polar surface area (TPSA) is 43.8 Å². The molecule has 5 heteroatoms. The number of aliphatic hydroxyl groups excluding tert-OH is 1. The summed E-state index contributed by atoms with van der Waals surface area (Å²) in [4.78, 5) is 17.5. The average Bonchev–Trinajstić information content (AvgIpc) is 2.90. The maximum absolute atomic E-state index is 12.0. The average molecular weight is 282 g/mol. The quantitative estimate of drug-likeness (QED) is 0.908. The number of thiophene rings is 1. The largest absolute Gasteiger partial charge is 0.383 e. The number of hydrogen-bond donors (Lipinski definition) is 1. The van der Waals surface area contributed by atoms with Crippen LogP contribution in [0.1, 0.15) is 18.7 Å². The van der Waals surface area contributed by atoms with E-state index in [1.165, 1.54) is 4.88 Å². The first-order valence-corrected chi connectivity index (χ1v) is 7.67. The van der Waals surface area contributed by atoms with Crippen molar-refractivity contribution >= 4 is 17.2 Å². The van der Waals surface area contributed by atoms with Gasteiger partial charge in [-0.05, 0) is 17.4 Å². The van der Waals surface area contributed by atoms with Crippen LogP contribution in [0.2, 0.25) is 0 Å². The molecule has 19 heavy (non-hydrogen) atoms. The molecule has 1 unspecified atom stereocenters. The van der Waals surface area contributed by atoms with Crippen LogP contribution in [0.4, 0.5) is 0 Å². The van der Waals surface area contributed by atoms with Crippen molar-refractivity contribution in [2.45, 2.75) is 26.5 Å². The first-order valence-electron chi connectivity index (χ1n) is 6.79. The Hall–Kier alpha value is -0.910. The van der Waals surface area contributed by atoms with Gasteiger partial charge in [-0.3, -0.25) is 9.69 Å². The van der Waals surface area contributed by atoms with Crippen LogP contribution in [-0.4, -0.2) is 53.1 Å². The third kappa shape index (κ3) is 3.78. The molecule has 106 valence electrons. The van der Waals surface area contributed by atoms with Crippen LogP contribution < -0.4 is 0 Å². The Morgan fingerprint density at radius 1 is 1.37 bits per heavy atom. The van der Waals surface area contributed by atoms with Gasteiger partial charge < -0.3 is 10.0 Å². The molecule has 4 nitrogen and oxygen atoms in total. The Morgan fingerprint density at radius 2 is 2.05 bits per heavy atom. The fraction of sp³-hybridized carbons (Fsp3) is 0.643. The van der Waals surface area contributed by atoms with Gasteiger partial charge in [0.05, 0.1) is 0 Å². The summed E-state index contributed by atoms with van der Waals surface area (Å²) in [7, 11) is 0. The maximum Gasteiger partial charge on any atom is 0.251 e. The molecule has 2 rings (SSSR count). The van der Waals surface area contributed by atoms with E-state index < -0.39 is 6.10 Å². The summed E-state index contributed by atoms with van der Waals surface area (Å²) in [6, 6.07) is 4.21. The predicted octanol–water partition coefficient (Wildman–Crippen LogP) is 1.41. The molecule has 1 atom stereocenters. The third-order valence-electron chi connectivity index (χ3n) is 3.53. The van der Waals surface area contributed by atoms with Gasteiger partial charge in [0.1, 0.15) is 6.10 Å². The van der Waals surface area contributed by atoms with E-state index in [2.05, 4.69) is 22.4 Å². The number of nitrogens with zero attached hydrogens (tertiary/aromatic N) is 2. The van der Waals surface area contributed by atoms with Crippen LogP contribution in [0, 0.1) is 5.92 Å². The minimum absolute atomic E-state index is 0.0170. The highest BCUT2D eigenvalue weighted by Gasteiger charge is 2.27. The van der Waals surface area contributed by atoms with Gasteiger partial charge in [-0.25, -0.2) is 0 Å². The third-order valence-corrected chi connectivity index (χ3v) is 4.39. The molecule has 1 aliphatic rings. The van der Waals surface area contributed by atoms with Crippen molar-refractivity contribution in [1.29, 1.82) is 0 Å². The molecule has 0 saturated carbocycles. The van der Waals surface area contributed by atoms with Crippen molar-refractivity contribution in [3.05, 3.63) is 22.4 Å². The van der Waals surface area contributed by atoms with Crippen LogP contribution >= 0.6 is 11.3 Å². The Bertz CT molecular complexity index is 398. The van der Waals surface area contributed by atoms with E-state index >= 15 is 0 Å². The van der Waals surface area contributed by atoms with Crippen LogP contribution in [-0.2, 0) is 11.3 Å². The molecule has 1 saturated heterocycles. The lowest BCUT2D eigenvalue weighted by atomic mass is 10.1. The van der Waals surface area contributed by atoms with E-state index in [1.54, 1.807) is 16.2 Å². The highest BCUT2D eigenvalue weighted by Crippen LogP contribution is 2.14. The van der Waals surface area contributed by atoms with Gasteiger partial charge in [0.25, 0.3) is 5.91 Å².